The van der Waals surface area contributed by atoms with E-state index < -0.39 is 4.92 Å². The van der Waals surface area contributed by atoms with E-state index in [2.05, 4.69) is 4.98 Å². The molecule has 0 saturated heterocycles. The van der Waals surface area contributed by atoms with E-state index in [9.17, 15) is 10.1 Å². The quantitative estimate of drug-likeness (QED) is 0.334. The summed E-state index contributed by atoms with van der Waals surface area (Å²) in [4.78, 5) is 14.0. The molecule has 88 valence electrons. The number of hydrogen-bond donors (Lipinski definition) is 0. The second kappa shape index (κ2) is 6.27. The smallest absolute Gasteiger partial charge is 0.406 e. The van der Waals surface area contributed by atoms with Crippen molar-refractivity contribution in [3.8, 4) is 5.75 Å². The van der Waals surface area contributed by atoms with Crippen molar-refractivity contribution in [1.29, 1.82) is 0 Å². The Balaban J connectivity index is 2.67. The number of ether oxygens (including phenoxy) is 1. The highest BCUT2D eigenvalue weighted by molar-refractivity contribution is 6.17. The summed E-state index contributed by atoms with van der Waals surface area (Å²) in [7, 11) is 0. The minimum absolute atomic E-state index is 0.213. The first-order valence-corrected chi connectivity index (χ1v) is 5.49. The van der Waals surface area contributed by atoms with Crippen LogP contribution in [0.5, 0.6) is 5.75 Å². The second-order valence-corrected chi connectivity index (χ2v) is 3.65. The third-order valence-corrected chi connectivity index (χ3v) is 2.20. The number of aryl methyl sites for hydroxylation is 1. The first-order chi connectivity index (χ1) is 7.65. The van der Waals surface area contributed by atoms with Crippen LogP contribution < -0.4 is 4.74 Å². The van der Waals surface area contributed by atoms with E-state index in [1.165, 1.54) is 0 Å². The Labute approximate surface area is 98.5 Å². The second-order valence-electron chi connectivity index (χ2n) is 3.28. The molecule has 1 rings (SSSR count). The van der Waals surface area contributed by atoms with Gasteiger partial charge in [-0.3, -0.25) is 0 Å². The Morgan fingerprint density at radius 1 is 1.50 bits per heavy atom. The fourth-order valence-electron chi connectivity index (χ4n) is 1.15. The molecule has 0 aliphatic carbocycles. The minimum Gasteiger partial charge on any atom is -0.486 e. The normalized spacial score (nSPS) is 10.1. The molecule has 0 amide bonds. The number of nitro groups is 1. The average molecular weight is 245 g/mol. The summed E-state index contributed by atoms with van der Waals surface area (Å²) in [6.45, 7) is 2.11. The van der Waals surface area contributed by atoms with Crippen LogP contribution in [0, 0.1) is 17.0 Å². The van der Waals surface area contributed by atoms with E-state index in [0.717, 1.165) is 12.8 Å². The lowest BCUT2D eigenvalue weighted by Gasteiger charge is -2.05. The van der Waals surface area contributed by atoms with Crippen molar-refractivity contribution in [1.82, 2.24) is 4.98 Å². The Kier molecular flexibility index (Phi) is 4.98. The topological polar surface area (TPSA) is 65.3 Å². The lowest BCUT2D eigenvalue weighted by Crippen LogP contribution is -2.03. The molecule has 0 spiro atoms. The summed E-state index contributed by atoms with van der Waals surface area (Å²) < 4.78 is 5.29. The van der Waals surface area contributed by atoms with Gasteiger partial charge in [-0.25, -0.2) is 0 Å². The van der Waals surface area contributed by atoms with E-state index in [-0.39, 0.29) is 11.6 Å². The minimum atomic E-state index is -0.538. The predicted molar refractivity (Wildman–Crippen MR) is 61.1 cm³/mol. The van der Waals surface area contributed by atoms with Gasteiger partial charge >= 0.3 is 5.82 Å². The van der Waals surface area contributed by atoms with Gasteiger partial charge in [0.25, 0.3) is 0 Å². The molecule has 0 unspecified atom stereocenters. The van der Waals surface area contributed by atoms with Crippen molar-refractivity contribution in [2.24, 2.45) is 0 Å². The van der Waals surface area contributed by atoms with Crippen molar-refractivity contribution in [3.05, 3.63) is 27.9 Å². The Morgan fingerprint density at radius 3 is 2.88 bits per heavy atom. The zero-order valence-corrected chi connectivity index (χ0v) is 9.74. The molecule has 6 heteroatoms. The number of unbranched alkanes of at least 4 members (excludes halogenated alkanes) is 1. The number of pyridine rings is 1. The third kappa shape index (κ3) is 3.66. The van der Waals surface area contributed by atoms with Crippen LogP contribution in [0.3, 0.4) is 0 Å². The largest absolute Gasteiger partial charge is 0.486 e. The van der Waals surface area contributed by atoms with E-state index in [4.69, 9.17) is 16.3 Å². The van der Waals surface area contributed by atoms with E-state index in [1.807, 2.05) is 0 Å². The highest BCUT2D eigenvalue weighted by Gasteiger charge is 2.17. The summed E-state index contributed by atoms with van der Waals surface area (Å²) in [5.41, 5.74) is 0.597. The van der Waals surface area contributed by atoms with Gasteiger partial charge in [-0.15, -0.1) is 11.6 Å². The van der Waals surface area contributed by atoms with Gasteiger partial charge in [-0.05, 0) is 34.9 Å². The van der Waals surface area contributed by atoms with Crippen LogP contribution in [-0.2, 0) is 0 Å². The maximum Gasteiger partial charge on any atom is 0.406 e. The fourth-order valence-corrected chi connectivity index (χ4v) is 1.34. The van der Waals surface area contributed by atoms with Crippen LogP contribution in [0.4, 0.5) is 5.82 Å². The Hall–Kier alpha value is -1.36. The standard InChI is InChI=1S/C10H13ClN2O3/c1-8-4-5-9(10(12-8)13(14)15)16-7-3-2-6-11/h4-5H,2-3,6-7H2,1H3. The molecular formula is C10H13ClN2O3. The number of nitrogens with zero attached hydrogens (tertiary/aromatic N) is 2. The molecule has 0 aliphatic heterocycles. The summed E-state index contributed by atoms with van der Waals surface area (Å²) in [6, 6.07) is 3.26. The monoisotopic (exact) mass is 244 g/mol. The van der Waals surface area contributed by atoms with Crippen LogP contribution in [0.2, 0.25) is 0 Å². The molecule has 0 aliphatic rings. The lowest BCUT2D eigenvalue weighted by molar-refractivity contribution is -0.390. The lowest BCUT2D eigenvalue weighted by atomic mass is 10.3. The molecular weight excluding hydrogens is 232 g/mol. The van der Waals surface area contributed by atoms with Crippen molar-refractivity contribution in [2.75, 3.05) is 12.5 Å². The van der Waals surface area contributed by atoms with E-state index >= 15 is 0 Å². The van der Waals surface area contributed by atoms with E-state index in [0.29, 0.717) is 18.2 Å². The molecule has 0 atom stereocenters. The van der Waals surface area contributed by atoms with Gasteiger partial charge in [0.15, 0.2) is 0 Å². The zero-order chi connectivity index (χ0) is 12.0. The number of hydrogen-bond acceptors (Lipinski definition) is 4. The Morgan fingerprint density at radius 2 is 2.25 bits per heavy atom. The molecule has 1 aromatic rings. The van der Waals surface area contributed by atoms with Crippen molar-refractivity contribution < 1.29 is 9.66 Å². The van der Waals surface area contributed by atoms with Crippen LogP contribution in [0.25, 0.3) is 0 Å². The highest BCUT2D eigenvalue weighted by atomic mass is 35.5. The molecule has 0 saturated carbocycles. The molecule has 5 nitrogen and oxygen atoms in total. The first-order valence-electron chi connectivity index (χ1n) is 4.96. The average Bonchev–Trinajstić information content (AvgIpc) is 2.26. The van der Waals surface area contributed by atoms with Crippen LogP contribution in [0.1, 0.15) is 18.5 Å². The van der Waals surface area contributed by atoms with Gasteiger partial charge in [0.2, 0.25) is 5.75 Å². The molecule has 1 heterocycles. The van der Waals surface area contributed by atoms with E-state index in [1.54, 1.807) is 19.1 Å². The molecule has 0 N–H and O–H groups in total. The number of aromatic nitrogens is 1. The fraction of sp³-hybridized carbons (Fsp3) is 0.500. The van der Waals surface area contributed by atoms with Gasteiger partial charge in [0.1, 0.15) is 5.69 Å². The summed E-state index contributed by atoms with van der Waals surface area (Å²) in [6.07, 6.45) is 1.60. The maximum absolute atomic E-state index is 10.7. The molecule has 0 bridgehead atoms. The molecule has 0 radical (unpaired) electrons. The van der Waals surface area contributed by atoms with Crippen LogP contribution in [0.15, 0.2) is 12.1 Å². The molecule has 0 fully saturated rings. The highest BCUT2D eigenvalue weighted by Crippen LogP contribution is 2.24. The SMILES string of the molecule is Cc1ccc(OCCCCCl)c([N+](=O)[O-])n1. The van der Waals surface area contributed by atoms with Crippen LogP contribution in [-0.4, -0.2) is 22.4 Å². The third-order valence-electron chi connectivity index (χ3n) is 1.94. The number of rotatable bonds is 6. The van der Waals surface area contributed by atoms with Gasteiger partial charge in [-0.1, -0.05) is 0 Å². The molecule has 1 aromatic heterocycles. The zero-order valence-electron chi connectivity index (χ0n) is 8.98. The van der Waals surface area contributed by atoms with Gasteiger partial charge in [0, 0.05) is 12.8 Å². The summed E-state index contributed by atoms with van der Waals surface area (Å²) in [5.74, 6) is 0.550. The van der Waals surface area contributed by atoms with Gasteiger partial charge < -0.3 is 14.9 Å². The summed E-state index contributed by atoms with van der Waals surface area (Å²) >= 11 is 5.51. The predicted octanol–water partition coefficient (Wildman–Crippen LogP) is 2.70. The van der Waals surface area contributed by atoms with Crippen LogP contribution >= 0.6 is 11.6 Å². The number of halogens is 1. The number of alkyl halides is 1. The maximum atomic E-state index is 10.7. The van der Waals surface area contributed by atoms with Crippen molar-refractivity contribution in [3.63, 3.8) is 0 Å². The first kappa shape index (κ1) is 12.7. The van der Waals surface area contributed by atoms with Crippen molar-refractivity contribution >= 4 is 17.4 Å². The van der Waals surface area contributed by atoms with Gasteiger partial charge in [-0.2, -0.15) is 0 Å². The van der Waals surface area contributed by atoms with Crippen molar-refractivity contribution in [2.45, 2.75) is 19.8 Å². The Bertz CT molecular complexity index is 371. The summed E-state index contributed by atoms with van der Waals surface area (Å²) in [5, 5.41) is 10.7. The van der Waals surface area contributed by atoms with Gasteiger partial charge in [0.05, 0.1) is 6.61 Å². The molecule has 16 heavy (non-hydrogen) atoms. The molecule has 0 aromatic carbocycles.